The molecule has 0 bridgehead atoms. The van der Waals surface area contributed by atoms with E-state index in [1.807, 2.05) is 17.5 Å². The molecule has 0 aliphatic carbocycles. The summed E-state index contributed by atoms with van der Waals surface area (Å²) in [5.74, 6) is 0. The van der Waals surface area contributed by atoms with Crippen molar-refractivity contribution in [1.82, 2.24) is 4.98 Å². The van der Waals surface area contributed by atoms with Crippen LogP contribution in [0, 0.1) is 0 Å². The van der Waals surface area contributed by atoms with E-state index < -0.39 is 0 Å². The number of thiophene rings is 1. The van der Waals surface area contributed by atoms with Crippen molar-refractivity contribution >= 4 is 33.0 Å². The van der Waals surface area contributed by atoms with E-state index in [9.17, 15) is 0 Å². The first-order valence-electron chi connectivity index (χ1n) is 4.80. The predicted octanol–water partition coefficient (Wildman–Crippen LogP) is 3.01. The molecule has 0 aliphatic rings. The monoisotopic (exact) mass is 298 g/mol. The number of aliphatic hydroxyl groups is 1. The van der Waals surface area contributed by atoms with Gasteiger partial charge in [0.15, 0.2) is 0 Å². The van der Waals surface area contributed by atoms with Gasteiger partial charge in [0.25, 0.3) is 0 Å². The Bertz CT molecular complexity index is 473. The molecule has 16 heavy (non-hydrogen) atoms. The third kappa shape index (κ3) is 2.61. The molecular formula is C11H11BrN2OS. The normalized spacial score (nSPS) is 10.4. The zero-order valence-electron chi connectivity index (χ0n) is 8.48. The SMILES string of the molecule is OCc1ccncc1NCc1sccc1Br. The molecule has 0 atom stereocenters. The quantitative estimate of drug-likeness (QED) is 0.912. The van der Waals surface area contributed by atoms with Crippen LogP contribution in [0.2, 0.25) is 0 Å². The topological polar surface area (TPSA) is 45.2 Å². The molecule has 2 heterocycles. The van der Waals surface area contributed by atoms with Gasteiger partial charge in [-0.15, -0.1) is 11.3 Å². The van der Waals surface area contributed by atoms with Crippen LogP contribution in [0.1, 0.15) is 10.4 Å². The fraction of sp³-hybridized carbons (Fsp3) is 0.182. The molecule has 0 saturated carbocycles. The minimum absolute atomic E-state index is 0.0243. The zero-order valence-corrected chi connectivity index (χ0v) is 10.9. The second-order valence-electron chi connectivity index (χ2n) is 3.24. The lowest BCUT2D eigenvalue weighted by atomic mass is 10.2. The smallest absolute Gasteiger partial charge is 0.0703 e. The molecule has 5 heteroatoms. The van der Waals surface area contributed by atoms with Crippen molar-refractivity contribution in [3.8, 4) is 0 Å². The number of nitrogens with one attached hydrogen (secondary N) is 1. The Morgan fingerprint density at radius 3 is 3.00 bits per heavy atom. The largest absolute Gasteiger partial charge is 0.392 e. The molecular weight excluding hydrogens is 288 g/mol. The Morgan fingerprint density at radius 2 is 2.31 bits per heavy atom. The van der Waals surface area contributed by atoms with Crippen LogP contribution in [0.3, 0.4) is 0 Å². The molecule has 3 nitrogen and oxygen atoms in total. The molecule has 0 aliphatic heterocycles. The van der Waals surface area contributed by atoms with E-state index in [1.165, 1.54) is 4.88 Å². The second-order valence-corrected chi connectivity index (χ2v) is 5.09. The molecule has 2 rings (SSSR count). The molecule has 84 valence electrons. The Labute approximate surface area is 106 Å². The van der Waals surface area contributed by atoms with Crippen LogP contribution in [0.4, 0.5) is 5.69 Å². The van der Waals surface area contributed by atoms with Gasteiger partial charge < -0.3 is 10.4 Å². The summed E-state index contributed by atoms with van der Waals surface area (Å²) in [4.78, 5) is 5.26. The number of aromatic nitrogens is 1. The number of anilines is 1. The van der Waals surface area contributed by atoms with Crippen LogP contribution in [-0.2, 0) is 13.2 Å². The number of hydrogen-bond donors (Lipinski definition) is 2. The van der Waals surface area contributed by atoms with E-state index in [4.69, 9.17) is 5.11 Å². The van der Waals surface area contributed by atoms with Gasteiger partial charge in [-0.05, 0) is 33.4 Å². The molecule has 2 aromatic rings. The van der Waals surface area contributed by atoms with Crippen LogP contribution in [0.25, 0.3) is 0 Å². The fourth-order valence-electron chi connectivity index (χ4n) is 1.35. The van der Waals surface area contributed by atoms with Crippen LogP contribution in [0.15, 0.2) is 34.4 Å². The van der Waals surface area contributed by atoms with Crippen molar-refractivity contribution in [3.05, 3.63) is 44.8 Å². The first-order chi connectivity index (χ1) is 7.81. The highest BCUT2D eigenvalue weighted by atomic mass is 79.9. The molecule has 0 unspecified atom stereocenters. The Balaban J connectivity index is 2.07. The molecule has 0 aromatic carbocycles. The predicted molar refractivity (Wildman–Crippen MR) is 69.5 cm³/mol. The third-order valence-corrected chi connectivity index (χ3v) is 4.14. The van der Waals surface area contributed by atoms with Crippen molar-refractivity contribution in [1.29, 1.82) is 0 Å². The highest BCUT2D eigenvalue weighted by molar-refractivity contribution is 9.10. The van der Waals surface area contributed by atoms with Gasteiger partial charge in [-0.25, -0.2) is 0 Å². The van der Waals surface area contributed by atoms with E-state index in [-0.39, 0.29) is 6.61 Å². The highest BCUT2D eigenvalue weighted by Crippen LogP contribution is 2.24. The van der Waals surface area contributed by atoms with Crippen LogP contribution >= 0.6 is 27.3 Å². The zero-order chi connectivity index (χ0) is 11.4. The van der Waals surface area contributed by atoms with Gasteiger partial charge in [-0.2, -0.15) is 0 Å². The number of rotatable bonds is 4. The Hall–Kier alpha value is -0.910. The Morgan fingerprint density at radius 1 is 1.44 bits per heavy atom. The molecule has 0 amide bonds. The van der Waals surface area contributed by atoms with Crippen LogP contribution < -0.4 is 5.32 Å². The maximum Gasteiger partial charge on any atom is 0.0703 e. The minimum atomic E-state index is 0.0243. The first-order valence-corrected chi connectivity index (χ1v) is 6.48. The fourth-order valence-corrected chi connectivity index (χ4v) is 2.78. The summed E-state index contributed by atoms with van der Waals surface area (Å²) in [6, 6.07) is 3.84. The minimum Gasteiger partial charge on any atom is -0.392 e. The van der Waals surface area contributed by atoms with Gasteiger partial charge in [0.2, 0.25) is 0 Å². The van der Waals surface area contributed by atoms with Gasteiger partial charge in [0.1, 0.15) is 0 Å². The van der Waals surface area contributed by atoms with E-state index in [1.54, 1.807) is 23.7 Å². The van der Waals surface area contributed by atoms with Crippen LogP contribution in [-0.4, -0.2) is 10.1 Å². The number of nitrogens with zero attached hydrogens (tertiary/aromatic N) is 1. The lowest BCUT2D eigenvalue weighted by Gasteiger charge is -2.08. The Kier molecular flexibility index (Phi) is 3.93. The third-order valence-electron chi connectivity index (χ3n) is 2.21. The van der Waals surface area contributed by atoms with E-state index >= 15 is 0 Å². The van der Waals surface area contributed by atoms with Gasteiger partial charge in [-0.1, -0.05) is 0 Å². The number of pyridine rings is 1. The van der Waals surface area contributed by atoms with Crippen molar-refractivity contribution in [2.24, 2.45) is 0 Å². The molecule has 2 N–H and O–H groups in total. The van der Waals surface area contributed by atoms with Crippen molar-refractivity contribution in [2.75, 3.05) is 5.32 Å². The summed E-state index contributed by atoms with van der Waals surface area (Å²) in [6.07, 6.45) is 3.41. The summed E-state index contributed by atoms with van der Waals surface area (Å²) >= 11 is 5.17. The summed E-state index contributed by atoms with van der Waals surface area (Å²) in [6.45, 7) is 0.757. The van der Waals surface area contributed by atoms with Gasteiger partial charge in [0, 0.05) is 21.1 Å². The summed E-state index contributed by atoms with van der Waals surface area (Å²) < 4.78 is 1.11. The number of hydrogen-bond acceptors (Lipinski definition) is 4. The van der Waals surface area contributed by atoms with Crippen LogP contribution in [0.5, 0.6) is 0 Å². The van der Waals surface area contributed by atoms with E-state index in [0.29, 0.717) is 0 Å². The molecule has 0 spiro atoms. The summed E-state index contributed by atoms with van der Waals surface area (Å²) in [5, 5.41) is 14.5. The lowest BCUT2D eigenvalue weighted by Crippen LogP contribution is -2.02. The summed E-state index contributed by atoms with van der Waals surface area (Å²) in [5.41, 5.74) is 1.74. The molecule has 0 radical (unpaired) electrons. The molecule has 0 fully saturated rings. The first kappa shape index (κ1) is 11.6. The summed E-state index contributed by atoms with van der Waals surface area (Å²) in [7, 11) is 0. The lowest BCUT2D eigenvalue weighted by molar-refractivity contribution is 0.282. The van der Waals surface area contributed by atoms with Gasteiger partial charge in [0.05, 0.1) is 25.0 Å². The van der Waals surface area contributed by atoms with Crippen molar-refractivity contribution < 1.29 is 5.11 Å². The number of aliphatic hydroxyl groups excluding tert-OH is 1. The van der Waals surface area contributed by atoms with Crippen molar-refractivity contribution in [3.63, 3.8) is 0 Å². The van der Waals surface area contributed by atoms with E-state index in [2.05, 4.69) is 26.2 Å². The standard InChI is InChI=1S/C11H11BrN2OS/c12-9-2-4-16-11(9)6-14-10-5-13-3-1-8(10)7-15/h1-5,14-15H,6-7H2. The average Bonchev–Trinajstić information content (AvgIpc) is 2.72. The number of halogens is 1. The highest BCUT2D eigenvalue weighted by Gasteiger charge is 2.03. The average molecular weight is 299 g/mol. The maximum atomic E-state index is 9.16. The molecule has 0 saturated heterocycles. The second kappa shape index (κ2) is 5.43. The van der Waals surface area contributed by atoms with Gasteiger partial charge >= 0.3 is 0 Å². The van der Waals surface area contributed by atoms with Gasteiger partial charge in [-0.3, -0.25) is 4.98 Å². The van der Waals surface area contributed by atoms with Crippen molar-refractivity contribution in [2.45, 2.75) is 13.2 Å². The van der Waals surface area contributed by atoms with E-state index in [0.717, 1.165) is 22.3 Å². The maximum absolute atomic E-state index is 9.16. The molecule has 2 aromatic heterocycles.